The molecule has 2 amide bonds. The summed E-state index contributed by atoms with van der Waals surface area (Å²) in [6.45, 7) is 4.15. The molecule has 0 spiro atoms. The van der Waals surface area contributed by atoms with Crippen LogP contribution in [0.3, 0.4) is 0 Å². The van der Waals surface area contributed by atoms with E-state index in [0.29, 0.717) is 18.9 Å². The second kappa shape index (κ2) is 8.41. The first-order chi connectivity index (χ1) is 11.2. The molecule has 2 rings (SSSR count). The molecule has 0 saturated carbocycles. The zero-order chi connectivity index (χ0) is 16.7. The van der Waals surface area contributed by atoms with E-state index in [1.807, 2.05) is 36.4 Å². The van der Waals surface area contributed by atoms with Crippen LogP contribution in [0.5, 0.6) is 0 Å². The Kier molecular flexibility index (Phi) is 6.26. The molecule has 0 saturated heterocycles. The molecule has 0 N–H and O–H groups in total. The molecule has 0 aliphatic rings. The minimum Gasteiger partial charge on any atom is -0.372 e. The molecule has 0 heterocycles. The van der Waals surface area contributed by atoms with E-state index in [9.17, 15) is 9.59 Å². The van der Waals surface area contributed by atoms with Crippen LogP contribution in [0.25, 0.3) is 10.8 Å². The standard InChI is InChI=1S/C18H21NO4/c1-3-22-12-17(20)19(18(21)13-23-4-2)16-11-7-9-14-8-5-6-10-15(14)16/h5-11H,3-4,12-13H2,1-2H3. The number of hydrogen-bond acceptors (Lipinski definition) is 4. The Morgan fingerprint density at radius 2 is 1.43 bits per heavy atom. The maximum atomic E-state index is 12.5. The normalized spacial score (nSPS) is 10.7. The Morgan fingerprint density at radius 1 is 0.870 bits per heavy atom. The molecular formula is C18H21NO4. The van der Waals surface area contributed by atoms with E-state index in [1.165, 1.54) is 0 Å². The fraction of sp³-hybridized carbons (Fsp3) is 0.333. The number of carbonyl (C=O) groups excluding carboxylic acids is 2. The van der Waals surface area contributed by atoms with Gasteiger partial charge >= 0.3 is 0 Å². The van der Waals surface area contributed by atoms with Gasteiger partial charge in [0.2, 0.25) is 0 Å². The van der Waals surface area contributed by atoms with E-state index in [2.05, 4.69) is 0 Å². The van der Waals surface area contributed by atoms with Gasteiger partial charge in [-0.2, -0.15) is 0 Å². The summed E-state index contributed by atoms with van der Waals surface area (Å²) in [6, 6.07) is 13.2. The van der Waals surface area contributed by atoms with E-state index in [4.69, 9.17) is 9.47 Å². The number of imide groups is 1. The fourth-order valence-corrected chi connectivity index (χ4v) is 2.32. The quantitative estimate of drug-likeness (QED) is 0.788. The topological polar surface area (TPSA) is 55.8 Å². The van der Waals surface area contributed by atoms with Gasteiger partial charge in [-0.15, -0.1) is 0 Å². The van der Waals surface area contributed by atoms with E-state index in [0.717, 1.165) is 15.7 Å². The predicted molar refractivity (Wildman–Crippen MR) is 89.4 cm³/mol. The predicted octanol–water partition coefficient (Wildman–Crippen LogP) is 2.77. The van der Waals surface area contributed by atoms with Crippen molar-refractivity contribution in [2.45, 2.75) is 13.8 Å². The Bertz CT molecular complexity index is 658. The second-order valence-corrected chi connectivity index (χ2v) is 4.90. The molecular weight excluding hydrogens is 294 g/mol. The third-order valence-corrected chi connectivity index (χ3v) is 3.37. The fourth-order valence-electron chi connectivity index (χ4n) is 2.32. The number of hydrogen-bond donors (Lipinski definition) is 0. The van der Waals surface area contributed by atoms with Gasteiger partial charge in [-0.25, -0.2) is 4.90 Å². The second-order valence-electron chi connectivity index (χ2n) is 4.90. The van der Waals surface area contributed by atoms with Gasteiger partial charge in [-0.1, -0.05) is 36.4 Å². The van der Waals surface area contributed by atoms with Crippen LogP contribution in [0.15, 0.2) is 42.5 Å². The first-order valence-electron chi connectivity index (χ1n) is 7.68. The monoisotopic (exact) mass is 315 g/mol. The van der Waals surface area contributed by atoms with Crippen molar-refractivity contribution in [1.29, 1.82) is 0 Å². The van der Waals surface area contributed by atoms with Crippen LogP contribution in [-0.2, 0) is 19.1 Å². The lowest BCUT2D eigenvalue weighted by Gasteiger charge is -2.22. The van der Waals surface area contributed by atoms with E-state index < -0.39 is 11.8 Å². The maximum Gasteiger partial charge on any atom is 0.259 e. The zero-order valence-corrected chi connectivity index (χ0v) is 13.5. The summed E-state index contributed by atoms with van der Waals surface area (Å²) in [5.74, 6) is -0.791. The average molecular weight is 315 g/mol. The number of carbonyl (C=O) groups is 2. The van der Waals surface area contributed by atoms with Crippen LogP contribution >= 0.6 is 0 Å². The van der Waals surface area contributed by atoms with Crippen molar-refractivity contribution in [2.24, 2.45) is 0 Å². The van der Waals surface area contributed by atoms with E-state index in [-0.39, 0.29) is 13.2 Å². The summed E-state index contributed by atoms with van der Waals surface area (Å²) in [4.78, 5) is 26.1. The van der Waals surface area contributed by atoms with Crippen molar-refractivity contribution in [3.63, 3.8) is 0 Å². The largest absolute Gasteiger partial charge is 0.372 e. The molecule has 5 nitrogen and oxygen atoms in total. The van der Waals surface area contributed by atoms with Gasteiger partial charge in [0.05, 0.1) is 5.69 Å². The number of rotatable bonds is 7. The lowest BCUT2D eigenvalue weighted by atomic mass is 10.1. The lowest BCUT2D eigenvalue weighted by molar-refractivity contribution is -0.131. The Labute approximate surface area is 135 Å². The number of anilines is 1. The number of fused-ring (bicyclic) bond motifs is 1. The highest BCUT2D eigenvalue weighted by Crippen LogP contribution is 2.27. The summed E-state index contributed by atoms with van der Waals surface area (Å²) < 4.78 is 10.4. The highest BCUT2D eigenvalue weighted by Gasteiger charge is 2.24. The first-order valence-corrected chi connectivity index (χ1v) is 7.68. The summed E-state index contributed by atoms with van der Waals surface area (Å²) in [5.41, 5.74) is 0.553. The number of ether oxygens (including phenoxy) is 2. The van der Waals surface area contributed by atoms with Gasteiger partial charge in [-0.05, 0) is 25.3 Å². The molecule has 122 valence electrons. The highest BCUT2D eigenvalue weighted by atomic mass is 16.5. The SMILES string of the molecule is CCOCC(=O)N(C(=O)COCC)c1cccc2ccccc12. The molecule has 0 bridgehead atoms. The molecule has 2 aromatic rings. The molecule has 0 fully saturated rings. The average Bonchev–Trinajstić information content (AvgIpc) is 2.58. The molecule has 0 aliphatic carbocycles. The van der Waals surface area contributed by atoms with Gasteiger partial charge in [0.25, 0.3) is 11.8 Å². The first kappa shape index (κ1) is 17.1. The minimum atomic E-state index is -0.395. The zero-order valence-electron chi connectivity index (χ0n) is 13.5. The van der Waals surface area contributed by atoms with Gasteiger partial charge < -0.3 is 9.47 Å². The molecule has 0 unspecified atom stereocenters. The van der Waals surface area contributed by atoms with Crippen molar-refractivity contribution in [3.05, 3.63) is 42.5 Å². The van der Waals surface area contributed by atoms with Crippen LogP contribution in [0, 0.1) is 0 Å². The van der Waals surface area contributed by atoms with Crippen molar-refractivity contribution in [2.75, 3.05) is 31.3 Å². The van der Waals surface area contributed by atoms with Gasteiger partial charge in [0, 0.05) is 18.6 Å². The van der Waals surface area contributed by atoms with Crippen LogP contribution in [0.4, 0.5) is 5.69 Å². The van der Waals surface area contributed by atoms with Gasteiger partial charge in [0.1, 0.15) is 13.2 Å². The van der Waals surface area contributed by atoms with Gasteiger partial charge in [0.15, 0.2) is 0 Å². The van der Waals surface area contributed by atoms with Crippen molar-refractivity contribution in [3.8, 4) is 0 Å². The number of benzene rings is 2. The van der Waals surface area contributed by atoms with Crippen molar-refractivity contribution >= 4 is 28.3 Å². The highest BCUT2D eigenvalue weighted by molar-refractivity contribution is 6.19. The molecule has 23 heavy (non-hydrogen) atoms. The molecule has 0 aliphatic heterocycles. The third kappa shape index (κ3) is 4.15. The Morgan fingerprint density at radius 3 is 2.04 bits per heavy atom. The van der Waals surface area contributed by atoms with E-state index >= 15 is 0 Å². The number of amides is 2. The summed E-state index contributed by atoms with van der Waals surface area (Å²) >= 11 is 0. The lowest BCUT2D eigenvalue weighted by Crippen LogP contribution is -2.41. The van der Waals surface area contributed by atoms with Crippen LogP contribution < -0.4 is 4.90 Å². The van der Waals surface area contributed by atoms with Crippen molar-refractivity contribution in [1.82, 2.24) is 0 Å². The smallest absolute Gasteiger partial charge is 0.259 e. The summed E-state index contributed by atoms with van der Waals surface area (Å²) in [5, 5.41) is 1.80. The van der Waals surface area contributed by atoms with E-state index in [1.54, 1.807) is 19.9 Å². The Hall–Kier alpha value is -2.24. The molecule has 0 aromatic heterocycles. The minimum absolute atomic E-state index is 0.141. The van der Waals surface area contributed by atoms with Crippen molar-refractivity contribution < 1.29 is 19.1 Å². The maximum absolute atomic E-state index is 12.5. The Balaban J connectivity index is 2.42. The van der Waals surface area contributed by atoms with Crippen LogP contribution in [0.2, 0.25) is 0 Å². The van der Waals surface area contributed by atoms with Crippen LogP contribution in [-0.4, -0.2) is 38.2 Å². The molecule has 5 heteroatoms. The molecule has 2 aromatic carbocycles. The van der Waals surface area contributed by atoms with Crippen LogP contribution in [0.1, 0.15) is 13.8 Å². The summed E-state index contributed by atoms with van der Waals surface area (Å²) in [6.07, 6.45) is 0. The summed E-state index contributed by atoms with van der Waals surface area (Å²) in [7, 11) is 0. The molecule has 0 radical (unpaired) electrons. The number of nitrogens with zero attached hydrogens (tertiary/aromatic N) is 1. The molecule has 0 atom stereocenters. The third-order valence-electron chi connectivity index (χ3n) is 3.37. The van der Waals surface area contributed by atoms with Gasteiger partial charge in [-0.3, -0.25) is 9.59 Å².